The van der Waals surface area contributed by atoms with E-state index in [1.54, 1.807) is 30.3 Å². The average Bonchev–Trinajstić information content (AvgIpc) is 2.79. The van der Waals surface area contributed by atoms with E-state index in [0.717, 1.165) is 7.05 Å². The standard InChI is InChI=1S/C14H13F3N2O2/c1-9-18-11(13(20)19(2)8-14(15,16)17)12(21-9)10-6-4-3-5-7-10/h3-7H,8H2,1-2H3. The van der Waals surface area contributed by atoms with Gasteiger partial charge in [0, 0.05) is 19.5 Å². The molecular weight excluding hydrogens is 285 g/mol. The van der Waals surface area contributed by atoms with Gasteiger partial charge in [0.15, 0.2) is 17.3 Å². The summed E-state index contributed by atoms with van der Waals surface area (Å²) >= 11 is 0. The van der Waals surface area contributed by atoms with Gasteiger partial charge in [0.1, 0.15) is 6.54 Å². The number of benzene rings is 1. The first-order valence-electron chi connectivity index (χ1n) is 6.13. The second-order valence-electron chi connectivity index (χ2n) is 4.55. The number of carbonyl (C=O) groups is 1. The highest BCUT2D eigenvalue weighted by atomic mass is 19.4. The molecule has 0 atom stereocenters. The summed E-state index contributed by atoms with van der Waals surface area (Å²) in [5.74, 6) is -0.437. The van der Waals surface area contributed by atoms with E-state index < -0.39 is 18.6 Å². The molecule has 2 aromatic rings. The molecule has 0 aliphatic heterocycles. The zero-order valence-corrected chi connectivity index (χ0v) is 11.4. The number of amides is 1. The van der Waals surface area contributed by atoms with E-state index in [-0.39, 0.29) is 17.3 Å². The van der Waals surface area contributed by atoms with E-state index >= 15 is 0 Å². The van der Waals surface area contributed by atoms with Crippen LogP contribution in [0.4, 0.5) is 13.2 Å². The van der Waals surface area contributed by atoms with Crippen molar-refractivity contribution in [3.05, 3.63) is 41.9 Å². The molecule has 7 heteroatoms. The summed E-state index contributed by atoms with van der Waals surface area (Å²) in [6, 6.07) is 8.65. The predicted molar refractivity (Wildman–Crippen MR) is 69.7 cm³/mol. The third-order valence-corrected chi connectivity index (χ3v) is 2.74. The molecule has 4 nitrogen and oxygen atoms in total. The maximum absolute atomic E-state index is 12.4. The van der Waals surface area contributed by atoms with Crippen molar-refractivity contribution in [2.24, 2.45) is 0 Å². The summed E-state index contributed by atoms with van der Waals surface area (Å²) in [7, 11) is 1.08. The lowest BCUT2D eigenvalue weighted by Gasteiger charge is -2.18. The molecule has 0 radical (unpaired) electrons. The Hall–Kier alpha value is -2.31. The number of rotatable bonds is 3. The Labute approximate surface area is 119 Å². The number of aryl methyl sites for hydroxylation is 1. The van der Waals surface area contributed by atoms with Crippen molar-refractivity contribution in [1.82, 2.24) is 9.88 Å². The predicted octanol–water partition coefficient (Wildman–Crippen LogP) is 3.28. The molecule has 0 N–H and O–H groups in total. The minimum atomic E-state index is -4.46. The van der Waals surface area contributed by atoms with Crippen LogP contribution in [0.25, 0.3) is 11.3 Å². The fourth-order valence-electron chi connectivity index (χ4n) is 1.88. The van der Waals surface area contributed by atoms with E-state index in [9.17, 15) is 18.0 Å². The smallest absolute Gasteiger partial charge is 0.406 e. The molecule has 1 amide bonds. The van der Waals surface area contributed by atoms with Gasteiger partial charge in [0.2, 0.25) is 0 Å². The van der Waals surface area contributed by atoms with E-state index in [1.165, 1.54) is 6.92 Å². The molecule has 0 aliphatic carbocycles. The number of carbonyl (C=O) groups excluding carboxylic acids is 1. The first-order valence-corrected chi connectivity index (χ1v) is 6.13. The van der Waals surface area contributed by atoms with E-state index in [1.807, 2.05) is 0 Å². The number of halogens is 3. The number of aromatic nitrogens is 1. The zero-order valence-electron chi connectivity index (χ0n) is 11.4. The summed E-state index contributed by atoms with van der Waals surface area (Å²) in [6.07, 6.45) is -4.46. The second-order valence-corrected chi connectivity index (χ2v) is 4.55. The molecule has 0 bridgehead atoms. The Morgan fingerprint density at radius 3 is 2.48 bits per heavy atom. The van der Waals surface area contributed by atoms with Gasteiger partial charge in [-0.3, -0.25) is 4.79 Å². The van der Waals surface area contributed by atoms with Gasteiger partial charge < -0.3 is 9.32 Å². The lowest BCUT2D eigenvalue weighted by molar-refractivity contribution is -0.138. The maximum Gasteiger partial charge on any atom is 0.406 e. The van der Waals surface area contributed by atoms with Crippen molar-refractivity contribution in [3.63, 3.8) is 0 Å². The molecular formula is C14H13F3N2O2. The molecule has 0 unspecified atom stereocenters. The molecule has 0 fully saturated rings. The molecule has 21 heavy (non-hydrogen) atoms. The number of hydrogen-bond donors (Lipinski definition) is 0. The van der Waals surface area contributed by atoms with Gasteiger partial charge >= 0.3 is 6.18 Å². The highest BCUT2D eigenvalue weighted by molar-refractivity contribution is 5.97. The number of alkyl halides is 3. The molecule has 112 valence electrons. The third-order valence-electron chi connectivity index (χ3n) is 2.74. The van der Waals surface area contributed by atoms with Crippen molar-refractivity contribution >= 4 is 5.91 Å². The molecule has 1 aromatic carbocycles. The Bertz CT molecular complexity index is 635. The summed E-state index contributed by atoms with van der Waals surface area (Å²) in [6.45, 7) is 0.193. The van der Waals surface area contributed by atoms with Crippen LogP contribution in [0.3, 0.4) is 0 Å². The van der Waals surface area contributed by atoms with Crippen LogP contribution in [0.2, 0.25) is 0 Å². The summed E-state index contributed by atoms with van der Waals surface area (Å²) in [4.78, 5) is 16.6. The summed E-state index contributed by atoms with van der Waals surface area (Å²) in [5, 5.41) is 0. The maximum atomic E-state index is 12.4. The van der Waals surface area contributed by atoms with Crippen LogP contribution < -0.4 is 0 Å². The summed E-state index contributed by atoms with van der Waals surface area (Å²) in [5.41, 5.74) is 0.465. The molecule has 1 heterocycles. The van der Waals surface area contributed by atoms with Crippen LogP contribution in [0.1, 0.15) is 16.4 Å². The first-order chi connectivity index (χ1) is 9.78. The molecule has 0 saturated heterocycles. The minimum Gasteiger partial charge on any atom is -0.440 e. The van der Waals surface area contributed by atoms with Gasteiger partial charge in [-0.05, 0) is 0 Å². The molecule has 0 aliphatic rings. The normalized spacial score (nSPS) is 11.5. The molecule has 1 aromatic heterocycles. The Balaban J connectivity index is 2.34. The van der Waals surface area contributed by atoms with Gasteiger partial charge in [-0.25, -0.2) is 4.98 Å². The van der Waals surface area contributed by atoms with Crippen LogP contribution >= 0.6 is 0 Å². The van der Waals surface area contributed by atoms with Crippen molar-refractivity contribution in [2.75, 3.05) is 13.6 Å². The van der Waals surface area contributed by atoms with Gasteiger partial charge in [0.25, 0.3) is 5.91 Å². The summed E-state index contributed by atoms with van der Waals surface area (Å²) < 4.78 is 42.5. The fraction of sp³-hybridized carbons (Fsp3) is 0.286. The molecule has 0 spiro atoms. The monoisotopic (exact) mass is 298 g/mol. The van der Waals surface area contributed by atoms with Gasteiger partial charge in [0.05, 0.1) is 0 Å². The zero-order chi connectivity index (χ0) is 15.6. The van der Waals surface area contributed by atoms with Crippen LogP contribution in [-0.4, -0.2) is 35.6 Å². The van der Waals surface area contributed by atoms with Crippen LogP contribution in [0.5, 0.6) is 0 Å². The van der Waals surface area contributed by atoms with Crippen molar-refractivity contribution in [2.45, 2.75) is 13.1 Å². The second kappa shape index (κ2) is 5.59. The minimum absolute atomic E-state index is 0.120. The Morgan fingerprint density at radius 1 is 1.29 bits per heavy atom. The Morgan fingerprint density at radius 2 is 1.90 bits per heavy atom. The van der Waals surface area contributed by atoms with Crippen LogP contribution in [0.15, 0.2) is 34.7 Å². The van der Waals surface area contributed by atoms with E-state index in [0.29, 0.717) is 10.5 Å². The highest BCUT2D eigenvalue weighted by Crippen LogP contribution is 2.26. The molecule has 2 rings (SSSR count). The highest BCUT2D eigenvalue weighted by Gasteiger charge is 2.33. The Kier molecular flexibility index (Phi) is 4.02. The fourth-order valence-corrected chi connectivity index (χ4v) is 1.88. The number of oxazole rings is 1. The quantitative estimate of drug-likeness (QED) is 0.873. The van der Waals surface area contributed by atoms with Gasteiger partial charge in [-0.15, -0.1) is 0 Å². The van der Waals surface area contributed by atoms with E-state index in [2.05, 4.69) is 4.98 Å². The lowest BCUT2D eigenvalue weighted by Crippen LogP contribution is -2.36. The van der Waals surface area contributed by atoms with E-state index in [4.69, 9.17) is 4.42 Å². The van der Waals surface area contributed by atoms with Gasteiger partial charge in [-0.2, -0.15) is 13.2 Å². The largest absolute Gasteiger partial charge is 0.440 e. The topological polar surface area (TPSA) is 46.3 Å². The number of nitrogens with zero attached hydrogens (tertiary/aromatic N) is 2. The lowest BCUT2D eigenvalue weighted by atomic mass is 10.1. The number of hydrogen-bond acceptors (Lipinski definition) is 3. The first kappa shape index (κ1) is 15.1. The average molecular weight is 298 g/mol. The SMILES string of the molecule is Cc1nc(C(=O)N(C)CC(F)(F)F)c(-c2ccccc2)o1. The van der Waals surface area contributed by atoms with Crippen molar-refractivity contribution < 1.29 is 22.4 Å². The van der Waals surface area contributed by atoms with Crippen molar-refractivity contribution in [1.29, 1.82) is 0 Å². The van der Waals surface area contributed by atoms with Crippen LogP contribution in [0, 0.1) is 6.92 Å². The third kappa shape index (κ3) is 3.62. The van der Waals surface area contributed by atoms with Gasteiger partial charge in [-0.1, -0.05) is 30.3 Å². The van der Waals surface area contributed by atoms with Crippen molar-refractivity contribution in [3.8, 4) is 11.3 Å². The van der Waals surface area contributed by atoms with Crippen LogP contribution in [-0.2, 0) is 0 Å². The molecule has 0 saturated carbocycles.